The minimum atomic E-state index is 0.294. The Morgan fingerprint density at radius 1 is 0.654 bits per heavy atom. The molecule has 0 fully saturated rings. The second-order valence-electron chi connectivity index (χ2n) is 7.63. The van der Waals surface area contributed by atoms with E-state index in [4.69, 9.17) is 0 Å². The van der Waals surface area contributed by atoms with Gasteiger partial charge in [0.05, 0.1) is 16.6 Å². The van der Waals surface area contributed by atoms with Gasteiger partial charge in [-0.3, -0.25) is 0 Å². The molecule has 0 aliphatic carbocycles. The Kier molecular flexibility index (Phi) is 3.31. The molecule has 1 nitrogen and oxygen atoms in total. The van der Waals surface area contributed by atoms with E-state index in [-0.39, 0.29) is 0 Å². The van der Waals surface area contributed by atoms with Gasteiger partial charge in [-0.05, 0) is 48.4 Å². The summed E-state index contributed by atoms with van der Waals surface area (Å²) in [4.78, 5) is 0. The van der Waals surface area contributed by atoms with E-state index in [1.807, 2.05) is 0 Å². The molecule has 0 saturated heterocycles. The molecular weight excluding hydrogens is 314 g/mol. The van der Waals surface area contributed by atoms with Crippen LogP contribution in [0.5, 0.6) is 0 Å². The van der Waals surface area contributed by atoms with Crippen LogP contribution < -0.4 is 0 Å². The fourth-order valence-electron chi connectivity index (χ4n) is 5.13. The first kappa shape index (κ1) is 15.7. The van der Waals surface area contributed by atoms with Gasteiger partial charge in [-0.1, -0.05) is 63.2 Å². The quantitative estimate of drug-likeness (QED) is 0.323. The number of hydrogen-bond donors (Lipinski definition) is 0. The van der Waals surface area contributed by atoms with Crippen molar-refractivity contribution in [3.8, 4) is 0 Å². The van der Waals surface area contributed by atoms with Crippen molar-refractivity contribution < 1.29 is 0 Å². The van der Waals surface area contributed by atoms with Crippen molar-refractivity contribution in [1.82, 2.24) is 4.40 Å². The first-order chi connectivity index (χ1) is 12.7. The van der Waals surface area contributed by atoms with Crippen LogP contribution >= 0.6 is 0 Å². The maximum atomic E-state index is 2.47. The summed E-state index contributed by atoms with van der Waals surface area (Å²) in [6.07, 6.45) is 3.58. The van der Waals surface area contributed by atoms with Crippen molar-refractivity contribution in [2.75, 3.05) is 0 Å². The van der Waals surface area contributed by atoms with Crippen molar-refractivity contribution in [2.45, 2.75) is 45.4 Å². The molecule has 26 heavy (non-hydrogen) atoms. The molecular formula is C25H25N. The van der Waals surface area contributed by atoms with Gasteiger partial charge in [-0.25, -0.2) is 0 Å². The van der Waals surface area contributed by atoms with Crippen molar-refractivity contribution in [1.29, 1.82) is 0 Å². The third kappa shape index (κ3) is 1.81. The van der Waals surface area contributed by atoms with Gasteiger partial charge in [-0.2, -0.15) is 0 Å². The van der Waals surface area contributed by atoms with Crippen LogP contribution in [0.1, 0.15) is 45.6 Å². The topological polar surface area (TPSA) is 4.41 Å². The van der Waals surface area contributed by atoms with Gasteiger partial charge in [0.25, 0.3) is 0 Å². The van der Waals surface area contributed by atoms with Crippen LogP contribution in [0.25, 0.3) is 38.1 Å². The van der Waals surface area contributed by atoms with Crippen molar-refractivity contribution in [2.24, 2.45) is 0 Å². The first-order valence-electron chi connectivity index (χ1n) is 9.91. The van der Waals surface area contributed by atoms with Crippen molar-refractivity contribution in [3.05, 3.63) is 66.2 Å². The molecule has 5 aromatic rings. The number of benzene rings is 3. The SMILES string of the molecule is CCC(CC)(CC)c1ccc2c(c1)c1cccc3c4ccccc4n2c31. The van der Waals surface area contributed by atoms with Gasteiger partial charge in [0.1, 0.15) is 0 Å². The first-order valence-corrected chi connectivity index (χ1v) is 9.91. The second-order valence-corrected chi connectivity index (χ2v) is 7.63. The highest BCUT2D eigenvalue weighted by molar-refractivity contribution is 6.23. The number of aromatic nitrogens is 1. The molecule has 2 aromatic heterocycles. The molecule has 0 spiro atoms. The Bertz CT molecular complexity index is 1230. The lowest BCUT2D eigenvalue weighted by atomic mass is 9.73. The summed E-state index contributed by atoms with van der Waals surface area (Å²) in [5.74, 6) is 0. The fourth-order valence-corrected chi connectivity index (χ4v) is 5.13. The van der Waals surface area contributed by atoms with Crippen LogP contribution in [0.2, 0.25) is 0 Å². The van der Waals surface area contributed by atoms with E-state index in [2.05, 4.69) is 85.8 Å². The van der Waals surface area contributed by atoms with Crippen LogP contribution in [0.4, 0.5) is 0 Å². The Labute approximate surface area is 154 Å². The third-order valence-corrected chi connectivity index (χ3v) is 6.87. The molecule has 0 aliphatic rings. The summed E-state index contributed by atoms with van der Waals surface area (Å²) in [5, 5.41) is 5.49. The molecule has 130 valence electrons. The van der Waals surface area contributed by atoms with E-state index in [0.717, 1.165) is 0 Å². The van der Waals surface area contributed by atoms with Gasteiger partial charge in [0.15, 0.2) is 0 Å². The smallest absolute Gasteiger partial charge is 0.0620 e. The van der Waals surface area contributed by atoms with Crippen LogP contribution in [0.15, 0.2) is 60.7 Å². The lowest BCUT2D eigenvalue weighted by molar-refractivity contribution is 0.382. The van der Waals surface area contributed by atoms with Gasteiger partial charge < -0.3 is 4.40 Å². The molecule has 0 bridgehead atoms. The maximum absolute atomic E-state index is 2.47. The van der Waals surface area contributed by atoms with E-state index in [9.17, 15) is 0 Å². The van der Waals surface area contributed by atoms with Crippen LogP contribution in [-0.2, 0) is 5.41 Å². The standard InChI is InChI=1S/C25H25N/c1-4-25(5-2,6-3)17-14-15-23-21(16-17)20-12-9-11-19-18-10-7-8-13-22(18)26(23)24(19)20/h7-16H,4-6H2,1-3H3. The Hall–Kier alpha value is -2.54. The minimum absolute atomic E-state index is 0.294. The average molecular weight is 339 g/mol. The molecule has 1 heteroatoms. The summed E-state index contributed by atoms with van der Waals surface area (Å²) < 4.78 is 2.46. The summed E-state index contributed by atoms with van der Waals surface area (Å²) in [6.45, 7) is 6.99. The van der Waals surface area contributed by atoms with Crippen LogP contribution in [0, 0.1) is 0 Å². The van der Waals surface area contributed by atoms with Crippen LogP contribution in [-0.4, -0.2) is 4.40 Å². The number of rotatable bonds is 4. The summed E-state index contributed by atoms with van der Waals surface area (Å²) in [7, 11) is 0. The monoisotopic (exact) mass is 339 g/mol. The Morgan fingerprint density at radius 3 is 2.00 bits per heavy atom. The van der Waals surface area contributed by atoms with Crippen LogP contribution in [0.3, 0.4) is 0 Å². The number of nitrogens with zero attached hydrogens (tertiary/aromatic N) is 1. The lowest BCUT2D eigenvalue weighted by Gasteiger charge is -2.31. The van der Waals surface area contributed by atoms with Crippen molar-refractivity contribution in [3.63, 3.8) is 0 Å². The van der Waals surface area contributed by atoms with E-state index >= 15 is 0 Å². The minimum Gasteiger partial charge on any atom is -0.308 e. The summed E-state index contributed by atoms with van der Waals surface area (Å²) in [5.41, 5.74) is 5.81. The lowest BCUT2D eigenvalue weighted by Crippen LogP contribution is -2.23. The second kappa shape index (κ2) is 5.48. The number of fused-ring (bicyclic) bond motifs is 6. The molecule has 3 aromatic carbocycles. The molecule has 2 heterocycles. The molecule has 0 atom stereocenters. The zero-order valence-corrected chi connectivity index (χ0v) is 15.8. The molecule has 0 unspecified atom stereocenters. The Balaban J connectivity index is 1.95. The fraction of sp³-hybridized carbons (Fsp3) is 0.280. The van der Waals surface area contributed by atoms with E-state index in [0.29, 0.717) is 5.41 Å². The summed E-state index contributed by atoms with van der Waals surface area (Å²) >= 11 is 0. The molecule has 0 amide bonds. The molecule has 0 radical (unpaired) electrons. The molecule has 0 aliphatic heterocycles. The third-order valence-electron chi connectivity index (χ3n) is 6.87. The van der Waals surface area contributed by atoms with E-state index < -0.39 is 0 Å². The Morgan fingerprint density at radius 2 is 1.27 bits per heavy atom. The predicted molar refractivity (Wildman–Crippen MR) is 114 cm³/mol. The average Bonchev–Trinajstić information content (AvgIpc) is 3.21. The number of hydrogen-bond acceptors (Lipinski definition) is 0. The maximum Gasteiger partial charge on any atom is 0.0620 e. The zero-order chi connectivity index (χ0) is 17.9. The van der Waals surface area contributed by atoms with Gasteiger partial charge in [0.2, 0.25) is 0 Å². The molecule has 0 saturated carbocycles. The van der Waals surface area contributed by atoms with E-state index in [1.165, 1.54) is 62.9 Å². The van der Waals surface area contributed by atoms with Gasteiger partial charge >= 0.3 is 0 Å². The zero-order valence-electron chi connectivity index (χ0n) is 15.8. The van der Waals surface area contributed by atoms with Gasteiger partial charge in [-0.15, -0.1) is 0 Å². The van der Waals surface area contributed by atoms with Gasteiger partial charge in [0, 0.05) is 21.5 Å². The van der Waals surface area contributed by atoms with E-state index in [1.54, 1.807) is 0 Å². The normalized spacial score (nSPS) is 12.9. The molecule has 5 rings (SSSR count). The molecule has 0 N–H and O–H groups in total. The predicted octanol–water partition coefficient (Wildman–Crippen LogP) is 7.30. The highest BCUT2D eigenvalue weighted by Crippen LogP contribution is 2.42. The number of para-hydroxylation sites is 2. The largest absolute Gasteiger partial charge is 0.308 e. The highest BCUT2D eigenvalue weighted by Gasteiger charge is 2.27. The highest BCUT2D eigenvalue weighted by atomic mass is 14.9. The summed E-state index contributed by atoms with van der Waals surface area (Å²) in [6, 6.07) is 22.7. The van der Waals surface area contributed by atoms with Crippen molar-refractivity contribution >= 4 is 38.1 Å².